The molecule has 1 fully saturated rings. The first-order chi connectivity index (χ1) is 10.2. The third kappa shape index (κ3) is 2.96. The summed E-state index contributed by atoms with van der Waals surface area (Å²) in [4.78, 5) is 10.5. The average Bonchev–Trinajstić information content (AvgIpc) is 3.17. The Morgan fingerprint density at radius 1 is 1.19 bits per heavy atom. The second kappa shape index (κ2) is 5.68. The smallest absolute Gasteiger partial charge is 0.303 e. The molecule has 2 aromatic rings. The normalized spacial score (nSPS) is 15.8. The number of aromatic nitrogens is 2. The third-order valence-electron chi connectivity index (χ3n) is 3.98. The molecular weight excluding hydrogens is 268 g/mol. The van der Waals surface area contributed by atoms with Crippen LogP contribution >= 0.6 is 0 Å². The number of carboxylic acids is 1. The minimum atomic E-state index is -0.762. The Bertz CT molecular complexity index is 617. The fraction of sp³-hybridized carbons (Fsp3) is 0.438. The standard InChI is InChI=1S/C16H18N2O3/c19-14(20)9-5-4-8-13-17-18-15(21-13)16(10-11-16)12-6-2-1-3-7-12/h1-3,6-7H,4-5,8-11H2,(H,19,20). The summed E-state index contributed by atoms with van der Waals surface area (Å²) < 4.78 is 5.80. The predicted molar refractivity (Wildman–Crippen MR) is 75.9 cm³/mol. The van der Waals surface area contributed by atoms with Crippen LogP contribution in [0.25, 0.3) is 0 Å². The monoisotopic (exact) mass is 286 g/mol. The maximum absolute atomic E-state index is 10.5. The molecule has 0 unspecified atom stereocenters. The first kappa shape index (κ1) is 13.8. The van der Waals surface area contributed by atoms with Gasteiger partial charge in [-0.15, -0.1) is 10.2 Å². The van der Waals surface area contributed by atoms with E-state index in [2.05, 4.69) is 22.3 Å². The Morgan fingerprint density at radius 2 is 1.95 bits per heavy atom. The summed E-state index contributed by atoms with van der Waals surface area (Å²) >= 11 is 0. The zero-order chi connectivity index (χ0) is 14.7. The summed E-state index contributed by atoms with van der Waals surface area (Å²) in [5.41, 5.74) is 1.14. The topological polar surface area (TPSA) is 76.2 Å². The van der Waals surface area contributed by atoms with E-state index in [9.17, 15) is 4.79 Å². The van der Waals surface area contributed by atoms with E-state index in [1.165, 1.54) is 5.56 Å². The van der Waals surface area contributed by atoms with Gasteiger partial charge in [0.2, 0.25) is 11.8 Å². The Balaban J connectivity index is 1.64. The number of aliphatic carboxylic acids is 1. The molecule has 0 spiro atoms. The van der Waals surface area contributed by atoms with E-state index in [1.807, 2.05) is 18.2 Å². The van der Waals surface area contributed by atoms with Crippen molar-refractivity contribution in [3.05, 3.63) is 47.7 Å². The predicted octanol–water partition coefficient (Wildman–Crippen LogP) is 2.95. The lowest BCUT2D eigenvalue weighted by molar-refractivity contribution is -0.137. The van der Waals surface area contributed by atoms with Crippen LogP contribution in [0.3, 0.4) is 0 Å². The minimum Gasteiger partial charge on any atom is -0.481 e. The fourth-order valence-corrected chi connectivity index (χ4v) is 2.61. The highest BCUT2D eigenvalue weighted by molar-refractivity contribution is 5.66. The summed E-state index contributed by atoms with van der Waals surface area (Å²) in [7, 11) is 0. The van der Waals surface area contributed by atoms with Crippen molar-refractivity contribution < 1.29 is 14.3 Å². The highest BCUT2D eigenvalue weighted by Crippen LogP contribution is 2.52. The van der Waals surface area contributed by atoms with Crippen LogP contribution in [0.1, 0.15) is 49.4 Å². The molecule has 1 aromatic carbocycles. The van der Waals surface area contributed by atoms with Crippen LogP contribution in [-0.4, -0.2) is 21.3 Å². The molecule has 110 valence electrons. The molecule has 0 radical (unpaired) electrons. The van der Waals surface area contributed by atoms with Crippen molar-refractivity contribution in [2.45, 2.75) is 43.9 Å². The van der Waals surface area contributed by atoms with E-state index in [1.54, 1.807) is 0 Å². The summed E-state index contributed by atoms with van der Waals surface area (Å²) in [5, 5.41) is 16.9. The number of benzene rings is 1. The summed E-state index contributed by atoms with van der Waals surface area (Å²) in [6, 6.07) is 10.3. The lowest BCUT2D eigenvalue weighted by atomic mass is 9.96. The van der Waals surface area contributed by atoms with Crippen molar-refractivity contribution in [1.82, 2.24) is 10.2 Å². The van der Waals surface area contributed by atoms with Crippen LogP contribution in [0.5, 0.6) is 0 Å². The fourth-order valence-electron chi connectivity index (χ4n) is 2.61. The van der Waals surface area contributed by atoms with Gasteiger partial charge in [-0.3, -0.25) is 4.79 Å². The zero-order valence-electron chi connectivity index (χ0n) is 11.8. The van der Waals surface area contributed by atoms with Crippen LogP contribution in [-0.2, 0) is 16.6 Å². The van der Waals surface area contributed by atoms with Gasteiger partial charge in [-0.1, -0.05) is 30.3 Å². The van der Waals surface area contributed by atoms with Gasteiger partial charge in [0.15, 0.2) is 0 Å². The van der Waals surface area contributed by atoms with Crippen molar-refractivity contribution in [3.63, 3.8) is 0 Å². The van der Waals surface area contributed by atoms with Crippen molar-refractivity contribution in [2.75, 3.05) is 0 Å². The first-order valence-electron chi connectivity index (χ1n) is 7.31. The van der Waals surface area contributed by atoms with E-state index >= 15 is 0 Å². The quantitative estimate of drug-likeness (QED) is 0.792. The Hall–Kier alpha value is -2.17. The van der Waals surface area contributed by atoms with Gasteiger partial charge in [-0.05, 0) is 31.2 Å². The Morgan fingerprint density at radius 3 is 2.62 bits per heavy atom. The Kier molecular flexibility index (Phi) is 3.73. The number of carboxylic acid groups (broad SMARTS) is 1. The van der Waals surface area contributed by atoms with Crippen LogP contribution in [0.15, 0.2) is 34.7 Å². The molecule has 21 heavy (non-hydrogen) atoms. The third-order valence-corrected chi connectivity index (χ3v) is 3.98. The van der Waals surface area contributed by atoms with Gasteiger partial charge >= 0.3 is 5.97 Å². The van der Waals surface area contributed by atoms with Crippen LogP contribution in [0.2, 0.25) is 0 Å². The maximum atomic E-state index is 10.5. The molecule has 1 aromatic heterocycles. The maximum Gasteiger partial charge on any atom is 0.303 e. The summed E-state index contributed by atoms with van der Waals surface area (Å²) in [6.45, 7) is 0. The van der Waals surface area contributed by atoms with E-state index in [0.717, 1.165) is 19.3 Å². The molecule has 3 rings (SSSR count). The zero-order valence-corrected chi connectivity index (χ0v) is 11.8. The molecule has 1 aliphatic rings. The molecule has 0 atom stereocenters. The molecule has 5 nitrogen and oxygen atoms in total. The molecule has 0 aliphatic heterocycles. The second-order valence-corrected chi connectivity index (χ2v) is 5.55. The molecule has 5 heteroatoms. The van der Waals surface area contributed by atoms with Gasteiger partial charge in [-0.2, -0.15) is 0 Å². The van der Waals surface area contributed by atoms with Crippen molar-refractivity contribution in [1.29, 1.82) is 0 Å². The highest BCUT2D eigenvalue weighted by atomic mass is 16.4. The van der Waals surface area contributed by atoms with Crippen molar-refractivity contribution in [2.24, 2.45) is 0 Å². The number of hydrogen-bond donors (Lipinski definition) is 1. The molecule has 1 saturated carbocycles. The minimum absolute atomic E-state index is 0.0897. The van der Waals surface area contributed by atoms with E-state index in [0.29, 0.717) is 24.6 Å². The summed E-state index contributed by atoms with van der Waals surface area (Å²) in [5.74, 6) is 0.543. The van der Waals surface area contributed by atoms with Crippen LogP contribution < -0.4 is 0 Å². The lowest BCUT2D eigenvalue weighted by Crippen LogP contribution is -2.08. The van der Waals surface area contributed by atoms with Gasteiger partial charge in [-0.25, -0.2) is 0 Å². The van der Waals surface area contributed by atoms with Gasteiger partial charge in [0.25, 0.3) is 0 Å². The number of unbranched alkanes of at least 4 members (excludes halogenated alkanes) is 1. The molecular formula is C16H18N2O3. The Labute approximate surface area is 123 Å². The van der Waals surface area contributed by atoms with E-state index in [-0.39, 0.29) is 11.8 Å². The average molecular weight is 286 g/mol. The van der Waals surface area contributed by atoms with Crippen molar-refractivity contribution in [3.8, 4) is 0 Å². The van der Waals surface area contributed by atoms with Crippen LogP contribution in [0, 0.1) is 0 Å². The highest BCUT2D eigenvalue weighted by Gasteiger charge is 2.50. The molecule has 1 aliphatic carbocycles. The van der Waals surface area contributed by atoms with E-state index in [4.69, 9.17) is 9.52 Å². The largest absolute Gasteiger partial charge is 0.481 e. The molecule has 0 amide bonds. The number of nitrogens with zero attached hydrogens (tertiary/aromatic N) is 2. The number of rotatable bonds is 7. The number of aryl methyl sites for hydroxylation is 1. The molecule has 0 bridgehead atoms. The van der Waals surface area contributed by atoms with Gasteiger partial charge < -0.3 is 9.52 Å². The van der Waals surface area contributed by atoms with E-state index < -0.39 is 5.97 Å². The van der Waals surface area contributed by atoms with Crippen molar-refractivity contribution >= 4 is 5.97 Å². The lowest BCUT2D eigenvalue weighted by Gasteiger charge is -2.10. The van der Waals surface area contributed by atoms with Gasteiger partial charge in [0.05, 0.1) is 5.41 Å². The van der Waals surface area contributed by atoms with Crippen LogP contribution in [0.4, 0.5) is 0 Å². The second-order valence-electron chi connectivity index (χ2n) is 5.55. The van der Waals surface area contributed by atoms with Gasteiger partial charge in [0, 0.05) is 12.8 Å². The molecule has 1 heterocycles. The molecule has 0 saturated heterocycles. The molecule has 1 N–H and O–H groups in total. The number of hydrogen-bond acceptors (Lipinski definition) is 4. The SMILES string of the molecule is O=C(O)CCCCc1nnc(C2(c3ccccc3)CC2)o1. The summed E-state index contributed by atoms with van der Waals surface area (Å²) in [6.07, 6.45) is 4.30. The first-order valence-corrected chi connectivity index (χ1v) is 7.31. The number of carbonyl (C=O) groups is 1. The van der Waals surface area contributed by atoms with Gasteiger partial charge in [0.1, 0.15) is 0 Å².